The molecule has 5 nitrogen and oxygen atoms in total. The minimum absolute atomic E-state index is 0.282. The van der Waals surface area contributed by atoms with E-state index in [1.165, 1.54) is 19.2 Å². The fraction of sp³-hybridized carbons (Fsp3) is 0.0625. The number of halogens is 1. The van der Waals surface area contributed by atoms with Crippen molar-refractivity contribution >= 4 is 35.0 Å². The van der Waals surface area contributed by atoms with Gasteiger partial charge in [-0.3, -0.25) is 19.3 Å². The molecule has 0 aromatic heterocycles. The van der Waals surface area contributed by atoms with Gasteiger partial charge in [-0.15, -0.1) is 0 Å². The number of hydrogen-bond acceptors (Lipinski definition) is 3. The summed E-state index contributed by atoms with van der Waals surface area (Å²) in [5, 5.41) is 3.01. The van der Waals surface area contributed by atoms with Crippen LogP contribution in [0.25, 0.3) is 0 Å². The summed E-state index contributed by atoms with van der Waals surface area (Å²) in [5.41, 5.74) is 1.39. The molecule has 3 amide bonds. The van der Waals surface area contributed by atoms with Crippen LogP contribution in [0, 0.1) is 0 Å². The summed E-state index contributed by atoms with van der Waals surface area (Å²) in [7, 11) is 1.42. The van der Waals surface area contributed by atoms with E-state index >= 15 is 0 Å². The van der Waals surface area contributed by atoms with E-state index in [9.17, 15) is 14.4 Å². The van der Waals surface area contributed by atoms with Crippen LogP contribution in [0.5, 0.6) is 0 Å². The standard InChI is InChI=1S/C16H11ClN2O3/c1-19-15(21)10-7-6-9(8-12(10)16(19)22)18-14(20)11-4-2-3-5-13(11)17/h2-8H,1H3,(H,18,20). The van der Waals surface area contributed by atoms with E-state index in [1.807, 2.05) is 0 Å². The number of imide groups is 1. The van der Waals surface area contributed by atoms with Crippen molar-refractivity contribution in [1.82, 2.24) is 4.90 Å². The molecule has 1 aliphatic heterocycles. The van der Waals surface area contributed by atoms with E-state index in [2.05, 4.69) is 5.32 Å². The first kappa shape index (κ1) is 14.3. The largest absolute Gasteiger partial charge is 0.322 e. The molecule has 0 spiro atoms. The molecule has 0 aliphatic carbocycles. The highest BCUT2D eigenvalue weighted by Crippen LogP contribution is 2.25. The predicted octanol–water partition coefficient (Wildman–Crippen LogP) is 2.82. The van der Waals surface area contributed by atoms with Gasteiger partial charge >= 0.3 is 0 Å². The maximum atomic E-state index is 12.2. The second kappa shape index (κ2) is 5.27. The molecule has 0 radical (unpaired) electrons. The molecule has 3 rings (SSSR count). The average molecular weight is 315 g/mol. The number of fused-ring (bicyclic) bond motifs is 1. The second-order valence-corrected chi connectivity index (χ2v) is 5.27. The predicted molar refractivity (Wildman–Crippen MR) is 82.3 cm³/mol. The first-order valence-electron chi connectivity index (χ1n) is 6.51. The normalized spacial score (nSPS) is 13.3. The number of rotatable bonds is 2. The number of nitrogens with zero attached hydrogens (tertiary/aromatic N) is 1. The maximum absolute atomic E-state index is 12.2. The number of hydrogen-bond donors (Lipinski definition) is 1. The molecule has 0 saturated heterocycles. The van der Waals surface area contributed by atoms with Crippen LogP contribution in [0.4, 0.5) is 5.69 Å². The zero-order valence-corrected chi connectivity index (χ0v) is 12.3. The van der Waals surface area contributed by atoms with Crippen LogP contribution in [-0.4, -0.2) is 29.7 Å². The molecular weight excluding hydrogens is 304 g/mol. The maximum Gasteiger partial charge on any atom is 0.261 e. The van der Waals surface area contributed by atoms with Crippen LogP contribution >= 0.6 is 11.6 Å². The summed E-state index contributed by atoms with van der Waals surface area (Å²) in [6.45, 7) is 0. The van der Waals surface area contributed by atoms with Crippen molar-refractivity contribution in [3.05, 3.63) is 64.2 Å². The Morgan fingerprint density at radius 2 is 1.73 bits per heavy atom. The summed E-state index contributed by atoms with van der Waals surface area (Å²) in [5.74, 6) is -1.10. The van der Waals surface area contributed by atoms with E-state index < -0.39 is 0 Å². The molecule has 0 fully saturated rings. The summed E-state index contributed by atoms with van der Waals surface area (Å²) in [6.07, 6.45) is 0. The van der Waals surface area contributed by atoms with Gasteiger partial charge in [0.1, 0.15) is 0 Å². The number of amides is 3. The van der Waals surface area contributed by atoms with Gasteiger partial charge in [-0.25, -0.2) is 0 Å². The lowest BCUT2D eigenvalue weighted by Crippen LogP contribution is -2.24. The Kier molecular flexibility index (Phi) is 3.42. The molecule has 0 saturated carbocycles. The Hall–Kier alpha value is -2.66. The van der Waals surface area contributed by atoms with Gasteiger partial charge in [0.15, 0.2) is 0 Å². The molecule has 1 heterocycles. The topological polar surface area (TPSA) is 66.5 Å². The van der Waals surface area contributed by atoms with Crippen LogP contribution in [0.3, 0.4) is 0 Å². The minimum Gasteiger partial charge on any atom is -0.322 e. The van der Waals surface area contributed by atoms with Gasteiger partial charge in [0.2, 0.25) is 0 Å². The lowest BCUT2D eigenvalue weighted by molar-refractivity contribution is 0.0692. The van der Waals surface area contributed by atoms with E-state index in [1.54, 1.807) is 30.3 Å². The van der Waals surface area contributed by atoms with Crippen LogP contribution in [0.2, 0.25) is 5.02 Å². The highest BCUT2D eigenvalue weighted by atomic mass is 35.5. The molecule has 0 bridgehead atoms. The number of nitrogens with one attached hydrogen (secondary N) is 1. The molecule has 2 aromatic rings. The van der Waals surface area contributed by atoms with Crippen LogP contribution < -0.4 is 5.32 Å². The average Bonchev–Trinajstić information content (AvgIpc) is 2.72. The van der Waals surface area contributed by atoms with Gasteiger partial charge in [0, 0.05) is 12.7 Å². The van der Waals surface area contributed by atoms with Crippen molar-refractivity contribution in [2.75, 3.05) is 12.4 Å². The van der Waals surface area contributed by atoms with Gasteiger partial charge in [-0.05, 0) is 30.3 Å². The lowest BCUT2D eigenvalue weighted by Gasteiger charge is -2.07. The number of carbonyl (C=O) groups is 3. The molecule has 110 valence electrons. The van der Waals surface area contributed by atoms with Crippen LogP contribution in [0.1, 0.15) is 31.1 Å². The summed E-state index contributed by atoms with van der Waals surface area (Å²) >= 11 is 5.97. The van der Waals surface area contributed by atoms with Crippen molar-refractivity contribution in [1.29, 1.82) is 0 Å². The molecule has 22 heavy (non-hydrogen) atoms. The first-order chi connectivity index (χ1) is 10.5. The Morgan fingerprint density at radius 1 is 1.05 bits per heavy atom. The van der Waals surface area contributed by atoms with Gasteiger partial charge in [-0.1, -0.05) is 23.7 Å². The third kappa shape index (κ3) is 2.25. The number of anilines is 1. The van der Waals surface area contributed by atoms with Gasteiger partial charge < -0.3 is 5.32 Å². The lowest BCUT2D eigenvalue weighted by atomic mass is 10.1. The highest BCUT2D eigenvalue weighted by molar-refractivity contribution is 6.34. The van der Waals surface area contributed by atoms with Crippen molar-refractivity contribution in [2.24, 2.45) is 0 Å². The third-order valence-corrected chi connectivity index (χ3v) is 3.80. The van der Waals surface area contributed by atoms with Gasteiger partial charge in [0.05, 0.1) is 21.7 Å². The van der Waals surface area contributed by atoms with Crippen molar-refractivity contribution in [3.63, 3.8) is 0 Å². The Labute approximate surface area is 131 Å². The molecule has 1 N–H and O–H groups in total. The van der Waals surface area contributed by atoms with Gasteiger partial charge in [-0.2, -0.15) is 0 Å². The van der Waals surface area contributed by atoms with Crippen LogP contribution in [-0.2, 0) is 0 Å². The molecule has 0 atom stereocenters. The van der Waals surface area contributed by atoms with E-state index in [4.69, 9.17) is 11.6 Å². The Bertz CT molecular complexity index is 817. The zero-order valence-electron chi connectivity index (χ0n) is 11.6. The molecule has 6 heteroatoms. The highest BCUT2D eigenvalue weighted by Gasteiger charge is 2.32. The molecule has 1 aliphatic rings. The quantitative estimate of drug-likeness (QED) is 0.867. The molecule has 0 unspecified atom stereocenters. The first-order valence-corrected chi connectivity index (χ1v) is 6.89. The molecular formula is C16H11ClN2O3. The minimum atomic E-state index is -0.381. The third-order valence-electron chi connectivity index (χ3n) is 3.47. The Morgan fingerprint density at radius 3 is 2.45 bits per heavy atom. The van der Waals surface area contributed by atoms with Gasteiger partial charge in [0.25, 0.3) is 17.7 Å². The van der Waals surface area contributed by atoms with E-state index in [-0.39, 0.29) is 23.3 Å². The zero-order chi connectivity index (χ0) is 15.9. The Balaban J connectivity index is 1.90. The van der Waals surface area contributed by atoms with E-state index in [0.717, 1.165) is 4.90 Å². The smallest absolute Gasteiger partial charge is 0.261 e. The van der Waals surface area contributed by atoms with E-state index in [0.29, 0.717) is 21.8 Å². The molecule has 2 aromatic carbocycles. The summed E-state index contributed by atoms with van der Waals surface area (Å²) in [6, 6.07) is 11.3. The fourth-order valence-electron chi connectivity index (χ4n) is 2.28. The van der Waals surface area contributed by atoms with Crippen molar-refractivity contribution in [2.45, 2.75) is 0 Å². The summed E-state index contributed by atoms with van der Waals surface area (Å²) in [4.78, 5) is 37.0. The number of benzene rings is 2. The van der Waals surface area contributed by atoms with Crippen LogP contribution in [0.15, 0.2) is 42.5 Å². The second-order valence-electron chi connectivity index (χ2n) is 4.86. The number of carbonyl (C=O) groups excluding carboxylic acids is 3. The van der Waals surface area contributed by atoms with Crippen molar-refractivity contribution < 1.29 is 14.4 Å². The van der Waals surface area contributed by atoms with Crippen molar-refractivity contribution in [3.8, 4) is 0 Å². The summed E-state index contributed by atoms with van der Waals surface area (Å²) < 4.78 is 0. The monoisotopic (exact) mass is 314 g/mol. The SMILES string of the molecule is CN1C(=O)c2ccc(NC(=O)c3ccccc3Cl)cc2C1=O. The fourth-order valence-corrected chi connectivity index (χ4v) is 2.50.